The molecular formula is C17H20N4O3. The Morgan fingerprint density at radius 3 is 3.12 bits per heavy atom. The van der Waals surface area contributed by atoms with Gasteiger partial charge in [-0.05, 0) is 31.0 Å². The van der Waals surface area contributed by atoms with Crippen LogP contribution in [0.15, 0.2) is 24.4 Å². The lowest BCUT2D eigenvalue weighted by molar-refractivity contribution is -0.0605. The molecule has 0 radical (unpaired) electrons. The van der Waals surface area contributed by atoms with E-state index in [2.05, 4.69) is 10.3 Å². The Morgan fingerprint density at radius 1 is 1.42 bits per heavy atom. The summed E-state index contributed by atoms with van der Waals surface area (Å²) in [5.41, 5.74) is 2.62. The molecule has 2 aromatic rings. The van der Waals surface area contributed by atoms with Crippen molar-refractivity contribution >= 4 is 5.91 Å². The van der Waals surface area contributed by atoms with E-state index in [9.17, 15) is 4.79 Å². The Hall–Kier alpha value is -2.41. The van der Waals surface area contributed by atoms with Crippen LogP contribution in [0.25, 0.3) is 0 Å². The molecule has 2 aliphatic rings. The van der Waals surface area contributed by atoms with Gasteiger partial charge in [-0.3, -0.25) is 4.79 Å². The van der Waals surface area contributed by atoms with E-state index in [1.807, 2.05) is 34.7 Å². The van der Waals surface area contributed by atoms with Gasteiger partial charge in [-0.25, -0.2) is 4.68 Å². The normalized spacial score (nSPS) is 22.7. The summed E-state index contributed by atoms with van der Waals surface area (Å²) in [6.45, 7) is 3.75. The Balaban J connectivity index is 1.59. The predicted molar refractivity (Wildman–Crippen MR) is 85.9 cm³/mol. The molecule has 0 bridgehead atoms. The summed E-state index contributed by atoms with van der Waals surface area (Å²) in [6.07, 6.45) is 2.60. The van der Waals surface area contributed by atoms with E-state index in [0.717, 1.165) is 17.7 Å². The molecular weight excluding hydrogens is 308 g/mol. The summed E-state index contributed by atoms with van der Waals surface area (Å²) in [4.78, 5) is 14.8. The molecule has 1 saturated heterocycles. The molecule has 3 heterocycles. The molecule has 126 valence electrons. The number of hydrogen-bond donors (Lipinski definition) is 0. The van der Waals surface area contributed by atoms with Crippen LogP contribution in [0.5, 0.6) is 5.75 Å². The molecule has 0 saturated carbocycles. The number of likely N-dealkylation sites (tertiary alicyclic amines) is 1. The molecule has 7 heteroatoms. The maximum atomic E-state index is 13.0. The number of fused-ring (bicyclic) bond motifs is 3. The van der Waals surface area contributed by atoms with Gasteiger partial charge in [0.25, 0.3) is 5.91 Å². The van der Waals surface area contributed by atoms with E-state index in [-0.39, 0.29) is 18.1 Å². The quantitative estimate of drug-likeness (QED) is 0.837. The number of carbonyl (C=O) groups is 1. The number of aryl methyl sites for hydroxylation is 1. The van der Waals surface area contributed by atoms with Gasteiger partial charge < -0.3 is 14.4 Å². The average molecular weight is 328 g/mol. The Morgan fingerprint density at radius 2 is 2.29 bits per heavy atom. The second-order valence-electron chi connectivity index (χ2n) is 6.33. The minimum absolute atomic E-state index is 0.0162. The zero-order valence-corrected chi connectivity index (χ0v) is 13.8. The lowest BCUT2D eigenvalue weighted by Gasteiger charge is -2.41. The van der Waals surface area contributed by atoms with Gasteiger partial charge in [0.05, 0.1) is 43.3 Å². The van der Waals surface area contributed by atoms with E-state index in [1.165, 1.54) is 0 Å². The summed E-state index contributed by atoms with van der Waals surface area (Å²) in [7, 11) is 1.59. The highest BCUT2D eigenvalue weighted by molar-refractivity contribution is 5.97. The van der Waals surface area contributed by atoms with E-state index in [0.29, 0.717) is 31.0 Å². The lowest BCUT2D eigenvalue weighted by atomic mass is 9.99. The largest absolute Gasteiger partial charge is 0.496 e. The summed E-state index contributed by atoms with van der Waals surface area (Å²) in [6, 6.07) is 5.67. The first-order valence-corrected chi connectivity index (χ1v) is 8.12. The van der Waals surface area contributed by atoms with Crippen LogP contribution in [0.1, 0.15) is 34.1 Å². The van der Waals surface area contributed by atoms with Gasteiger partial charge in [-0.2, -0.15) is 0 Å². The number of rotatable bonds is 2. The number of piperidine rings is 1. The minimum atomic E-state index is -0.0162. The monoisotopic (exact) mass is 328 g/mol. The van der Waals surface area contributed by atoms with Crippen molar-refractivity contribution in [2.75, 3.05) is 20.2 Å². The summed E-state index contributed by atoms with van der Waals surface area (Å²) < 4.78 is 13.2. The number of aromatic nitrogens is 3. The van der Waals surface area contributed by atoms with Crippen LogP contribution in [0.4, 0.5) is 0 Å². The molecule has 0 unspecified atom stereocenters. The number of amides is 1. The number of benzene rings is 1. The van der Waals surface area contributed by atoms with Crippen molar-refractivity contribution in [1.82, 2.24) is 19.9 Å². The first-order valence-electron chi connectivity index (χ1n) is 8.12. The smallest absolute Gasteiger partial charge is 0.257 e. The van der Waals surface area contributed by atoms with Crippen LogP contribution in [-0.4, -0.2) is 52.1 Å². The molecule has 1 amide bonds. The molecule has 2 atom stereocenters. The third-order valence-electron chi connectivity index (χ3n) is 4.80. The standard InChI is InChI=1S/C17H20N4O3/c1-11-3-4-13(16(7-11)23-2)17(22)20-6-5-15-14(9-20)21-12(10-24-15)8-18-19-21/h3-4,7-8,14-15H,5-6,9-10H2,1-2H3/t14-,15-/m1/s1. The van der Waals surface area contributed by atoms with Gasteiger partial charge in [0.15, 0.2) is 0 Å². The van der Waals surface area contributed by atoms with E-state index >= 15 is 0 Å². The number of methoxy groups -OCH3 is 1. The zero-order valence-electron chi connectivity index (χ0n) is 13.8. The summed E-state index contributed by atoms with van der Waals surface area (Å²) >= 11 is 0. The van der Waals surface area contributed by atoms with E-state index < -0.39 is 0 Å². The van der Waals surface area contributed by atoms with Crippen molar-refractivity contribution in [3.63, 3.8) is 0 Å². The molecule has 1 aromatic heterocycles. The van der Waals surface area contributed by atoms with Gasteiger partial charge in [-0.1, -0.05) is 11.3 Å². The van der Waals surface area contributed by atoms with Crippen LogP contribution in [0.2, 0.25) is 0 Å². The van der Waals surface area contributed by atoms with Gasteiger partial charge in [0.1, 0.15) is 5.75 Å². The van der Waals surface area contributed by atoms with Crippen LogP contribution >= 0.6 is 0 Å². The molecule has 24 heavy (non-hydrogen) atoms. The average Bonchev–Trinajstić information content (AvgIpc) is 3.09. The van der Waals surface area contributed by atoms with Crippen molar-refractivity contribution in [2.45, 2.75) is 32.1 Å². The number of ether oxygens (including phenoxy) is 2. The van der Waals surface area contributed by atoms with Crippen LogP contribution < -0.4 is 4.74 Å². The third kappa shape index (κ3) is 2.45. The van der Waals surface area contributed by atoms with Crippen molar-refractivity contribution < 1.29 is 14.3 Å². The second kappa shape index (κ2) is 5.90. The highest BCUT2D eigenvalue weighted by Gasteiger charge is 2.38. The van der Waals surface area contributed by atoms with Crippen molar-refractivity contribution in [3.8, 4) is 5.75 Å². The maximum absolute atomic E-state index is 13.0. The van der Waals surface area contributed by atoms with E-state index in [1.54, 1.807) is 13.3 Å². The van der Waals surface area contributed by atoms with E-state index in [4.69, 9.17) is 9.47 Å². The fourth-order valence-electron chi connectivity index (χ4n) is 3.51. The molecule has 1 fully saturated rings. The molecule has 0 aliphatic carbocycles. The van der Waals surface area contributed by atoms with Gasteiger partial charge in [0, 0.05) is 13.1 Å². The lowest BCUT2D eigenvalue weighted by Crippen LogP contribution is -2.49. The number of hydrogen-bond acceptors (Lipinski definition) is 5. The molecule has 1 aromatic carbocycles. The van der Waals surface area contributed by atoms with Crippen LogP contribution in [0, 0.1) is 6.92 Å². The molecule has 2 aliphatic heterocycles. The molecule has 0 N–H and O–H groups in total. The second-order valence-corrected chi connectivity index (χ2v) is 6.33. The van der Waals surface area contributed by atoms with Gasteiger partial charge in [-0.15, -0.1) is 5.10 Å². The highest BCUT2D eigenvalue weighted by Crippen LogP contribution is 2.31. The van der Waals surface area contributed by atoms with Crippen molar-refractivity contribution in [3.05, 3.63) is 41.2 Å². The first-order chi connectivity index (χ1) is 11.7. The molecule has 7 nitrogen and oxygen atoms in total. The fourth-order valence-corrected chi connectivity index (χ4v) is 3.51. The number of carbonyl (C=O) groups excluding carboxylic acids is 1. The molecule has 4 rings (SSSR count). The minimum Gasteiger partial charge on any atom is -0.496 e. The zero-order chi connectivity index (χ0) is 16.7. The number of nitrogens with zero attached hydrogens (tertiary/aromatic N) is 4. The third-order valence-corrected chi connectivity index (χ3v) is 4.80. The Labute approximate surface area is 140 Å². The predicted octanol–water partition coefficient (Wildman–Crippen LogP) is 1.58. The molecule has 0 spiro atoms. The van der Waals surface area contributed by atoms with Crippen molar-refractivity contribution in [1.29, 1.82) is 0 Å². The first kappa shape index (κ1) is 15.1. The van der Waals surface area contributed by atoms with Crippen LogP contribution in [0.3, 0.4) is 0 Å². The summed E-state index contributed by atoms with van der Waals surface area (Å²) in [5, 5.41) is 8.15. The highest BCUT2D eigenvalue weighted by atomic mass is 16.5. The van der Waals surface area contributed by atoms with Gasteiger partial charge >= 0.3 is 0 Å². The fraction of sp³-hybridized carbons (Fsp3) is 0.471. The SMILES string of the molecule is COc1cc(C)ccc1C(=O)N1CC[C@H]2OCc3cnnn3[C@@H]2C1. The van der Waals surface area contributed by atoms with Crippen LogP contribution in [-0.2, 0) is 11.3 Å². The Bertz CT molecular complexity index is 773. The topological polar surface area (TPSA) is 69.5 Å². The van der Waals surface area contributed by atoms with Crippen molar-refractivity contribution in [2.24, 2.45) is 0 Å². The van der Waals surface area contributed by atoms with Gasteiger partial charge in [0.2, 0.25) is 0 Å². The summed E-state index contributed by atoms with van der Waals surface area (Å²) in [5.74, 6) is 0.598. The maximum Gasteiger partial charge on any atom is 0.257 e. The Kier molecular flexibility index (Phi) is 3.72.